The molecule has 0 saturated carbocycles. The van der Waals surface area contributed by atoms with Crippen molar-refractivity contribution in [1.29, 1.82) is 0 Å². The molecule has 0 radical (unpaired) electrons. The highest BCUT2D eigenvalue weighted by atomic mass is 31.2. The Kier molecular flexibility index (Phi) is 33.8. The quantitative estimate of drug-likeness (QED) is 0.0562. The Labute approximate surface area is 659 Å². The van der Waals surface area contributed by atoms with Gasteiger partial charge >= 0.3 is 5.69 Å². The molecule has 0 bridgehead atoms. The average molecular weight is 1670 g/mol. The first-order chi connectivity index (χ1) is 51.8. The number of amides is 4. The van der Waals surface area contributed by atoms with Gasteiger partial charge in [0, 0.05) is 69.3 Å². The number of rotatable bonds is 22. The summed E-state index contributed by atoms with van der Waals surface area (Å²) >= 11 is 0. The fraction of sp³-hybridized carbons (Fsp3) is 0.592. The fourth-order valence-corrected chi connectivity index (χ4v) is 17.8. The van der Waals surface area contributed by atoms with Crippen molar-refractivity contribution in [3.05, 3.63) is 131 Å². The molecule has 10 rings (SSSR count). The summed E-state index contributed by atoms with van der Waals surface area (Å²) < 4.78 is 36.9. The molecule has 9 aliphatic rings. The van der Waals surface area contributed by atoms with Crippen molar-refractivity contribution < 1.29 is 93.6 Å². The summed E-state index contributed by atoms with van der Waals surface area (Å²) in [6.45, 7) is 33.5. The molecular weight excluding hydrogens is 1540 g/mol. The van der Waals surface area contributed by atoms with E-state index in [4.69, 9.17) is 28.4 Å². The normalized spacial score (nSPS) is 31.5. The first-order valence-electron chi connectivity index (χ1n) is 36.7. The lowest BCUT2D eigenvalue weighted by molar-refractivity contribution is -0.120. The van der Waals surface area contributed by atoms with Gasteiger partial charge in [0.25, 0.3) is 29.2 Å². The van der Waals surface area contributed by atoms with Gasteiger partial charge in [0.05, 0.1) is 48.8 Å². The van der Waals surface area contributed by atoms with Crippen molar-refractivity contribution >= 4 is 89.6 Å². The standard InChI is InChI=1S/C17H25N2O4P.C15H25N2O5P.C15H25N2O4P.C15H25N2O3P.C14H23N2O5P/c1-6-7-12-10-19(11(2)18-16(12)22)17-15(21)14(20)13(23-17)8-9-24(3,4)5;1-9-16-14(21)10(8-18)7-17(9)15-13(20)12(19)11(22-15)5-6-23(2,3)4;1-10-16-12(18)6-8-17(10)15-14(20-2)13(19)11(21-15)7-9-22(3,4)5;1-10-14(19)12(7-9-21(3,4)5)20-15(10)17-8-6-13(18)16-11(17)2;1-15-10(17)5-7-16(14(15)20)13-12(19)11(18)9(21-13)6-8-22(2,3)4/h10,13-15,17,20-21H,2-3,8-9H2,1,4-5H3,(H,18,22);7,11-13,15,18-20H,1-2,5-6,8H2,3-4H3,(H,16,21);6,8,11,13-15,19H,1,3,7,9H2,2,4-5H3,(H,16,18);6,8,10,12,14-15,19H,2-3,7,9H2,1,4-5H3,(H,16,18);5,7,9,11-13,18-19H,2,6,8H2,1,3-4H3/t13-,14-,15-,17?;11-,12-,13-,15?;11-,13-,14-,15?;10-,12-,14+,15?;9-,11-,12-,13?/m11111/s1. The van der Waals surface area contributed by atoms with E-state index in [2.05, 4.69) is 158 Å². The van der Waals surface area contributed by atoms with Crippen LogP contribution in [0.3, 0.4) is 0 Å². The fourth-order valence-electron chi connectivity index (χ4n) is 13.0. The molecule has 36 heteroatoms. The summed E-state index contributed by atoms with van der Waals surface area (Å²) in [5.74, 6) is 5.51. The number of nitrogens with one attached hydrogen (secondary N) is 4. The third kappa shape index (κ3) is 26.1. The molecule has 0 aliphatic carbocycles. The Hall–Kier alpha value is -5.86. The maximum atomic E-state index is 12.1. The Bertz CT molecular complexity index is 4190. The van der Waals surface area contributed by atoms with Crippen LogP contribution in [-0.4, -0.2) is 351 Å². The van der Waals surface area contributed by atoms with Crippen LogP contribution in [0.4, 0.5) is 0 Å². The van der Waals surface area contributed by atoms with Gasteiger partial charge in [0.15, 0.2) is 24.9 Å². The van der Waals surface area contributed by atoms with Gasteiger partial charge in [-0.25, -0.2) is 4.79 Å². The highest BCUT2D eigenvalue weighted by molar-refractivity contribution is 7.73. The van der Waals surface area contributed by atoms with Crippen molar-refractivity contribution in [2.24, 2.45) is 13.0 Å². The highest BCUT2D eigenvalue weighted by Gasteiger charge is 2.51. The second kappa shape index (κ2) is 39.9. The van der Waals surface area contributed by atoms with Crippen molar-refractivity contribution in [3.8, 4) is 11.8 Å². The molecule has 5 fully saturated rings. The minimum Gasteiger partial charge on any atom is -0.391 e. The van der Waals surface area contributed by atoms with Gasteiger partial charge < -0.3 is 115 Å². The largest absolute Gasteiger partial charge is 0.391 e. The van der Waals surface area contributed by atoms with Crippen LogP contribution in [0.1, 0.15) is 52.2 Å². The summed E-state index contributed by atoms with van der Waals surface area (Å²) in [7, 11) is 2.89. The average Bonchev–Trinajstić information content (AvgIpc) is 1.63. The lowest BCUT2D eigenvalue weighted by Crippen LogP contribution is -2.48. The van der Waals surface area contributed by atoms with Gasteiger partial charge in [-0.05, 0) is 136 Å². The number of aliphatic hydroxyl groups excluding tert-OH is 9. The molecule has 5 saturated heterocycles. The first kappa shape index (κ1) is 95.0. The van der Waals surface area contributed by atoms with Gasteiger partial charge in [-0.15, -0.1) is 71.8 Å². The van der Waals surface area contributed by atoms with E-state index >= 15 is 0 Å². The molecule has 4 amide bonds. The summed E-state index contributed by atoms with van der Waals surface area (Å²) in [5.41, 5.74) is -0.636. The number of nitrogens with zero attached hydrogens (tertiary/aromatic N) is 6. The van der Waals surface area contributed by atoms with Crippen LogP contribution in [0.25, 0.3) is 0 Å². The van der Waals surface area contributed by atoms with E-state index in [9.17, 15) is 74.7 Å². The lowest BCUT2D eigenvalue weighted by atomic mass is 10.00. The van der Waals surface area contributed by atoms with Crippen LogP contribution >= 0.6 is 34.4 Å². The number of hydrogen-bond acceptors (Lipinski definition) is 25. The van der Waals surface area contributed by atoms with Crippen molar-refractivity contribution in [1.82, 2.24) is 50.0 Å². The molecule has 628 valence electrons. The minimum absolute atomic E-state index is 0.0577. The molecule has 0 spiro atoms. The maximum absolute atomic E-state index is 12.1. The molecule has 0 aromatic carbocycles. The van der Waals surface area contributed by atoms with E-state index < -0.39 is 156 Å². The Morgan fingerprint density at radius 1 is 0.473 bits per heavy atom. The van der Waals surface area contributed by atoms with Crippen LogP contribution in [0.5, 0.6) is 0 Å². The van der Waals surface area contributed by atoms with Gasteiger partial charge in [0.2, 0.25) is 0 Å². The first-order valence-corrected chi connectivity index (χ1v) is 51.9. The minimum atomic E-state index is -1.27. The molecule has 1 aromatic rings. The van der Waals surface area contributed by atoms with Crippen molar-refractivity contribution in [2.45, 2.75) is 163 Å². The van der Waals surface area contributed by atoms with Gasteiger partial charge in [-0.3, -0.25) is 33.1 Å². The summed E-state index contributed by atoms with van der Waals surface area (Å²) in [6.07, 6.45) is 25.0. The number of carbonyl (C=O) groups is 4. The number of aliphatic hydroxyl groups is 9. The topological polar surface area (TPSA) is 411 Å². The predicted octanol–water partition coefficient (Wildman–Crippen LogP) is 0.747. The van der Waals surface area contributed by atoms with Crippen molar-refractivity contribution in [2.75, 3.05) is 111 Å². The van der Waals surface area contributed by atoms with E-state index in [1.54, 1.807) is 36.2 Å². The van der Waals surface area contributed by atoms with Crippen LogP contribution in [0.2, 0.25) is 0 Å². The number of hydrogen-bond donors (Lipinski definition) is 13. The Morgan fingerprint density at radius 2 is 0.821 bits per heavy atom. The maximum Gasteiger partial charge on any atom is 0.332 e. The summed E-state index contributed by atoms with van der Waals surface area (Å²) in [6, 6.07) is 1.22. The SMILES string of the molecule is C=C1NC(=O)C(C#CC)=CN1C1O[C@H](CCP(=C)(C)C)[C@@H](O)[C@H]1O.C=C1NC(=O)C(CO)=CN1C1O[C@H](CCP(=C)(C)C)[C@@H](O)[C@H]1O.C=C1NC(=O)C=CN1C1O[C@H](CCP(=C)(C)C)[C@@H](O)[C@H]1C.C=C1NC(=O)C=CN1C1O[C@H](CCP(=C)(C)C)[C@@H](O)[C@H]1OC.C=P(C)(C)CC[C@H]1OC(n2ccc(=O)n(C)c2=O)[C@H](O)[C@@H]1O. The summed E-state index contributed by atoms with van der Waals surface area (Å²) in [5, 5.41) is 102. The molecule has 20 atom stereocenters. The van der Waals surface area contributed by atoms with E-state index in [0.29, 0.717) is 30.9 Å². The number of carbonyl (C=O) groups excluding carboxylic acids is 4. The van der Waals surface area contributed by atoms with Gasteiger partial charge in [0.1, 0.15) is 83.9 Å². The second-order valence-electron chi connectivity index (χ2n) is 32.6. The number of aromatic nitrogens is 2. The molecule has 1 aromatic heterocycles. The molecule has 5 unspecified atom stereocenters. The molecule has 112 heavy (non-hydrogen) atoms. The van der Waals surface area contributed by atoms with Crippen molar-refractivity contribution in [3.63, 3.8) is 0 Å². The summed E-state index contributed by atoms with van der Waals surface area (Å²) in [4.78, 5) is 76.0. The van der Waals surface area contributed by atoms with Crippen LogP contribution in [-0.2, 0) is 54.6 Å². The molecular formula is C76H123N10O21P5. The third-order valence-electron chi connectivity index (χ3n) is 19.6. The van der Waals surface area contributed by atoms with E-state index in [0.717, 1.165) is 52.8 Å². The van der Waals surface area contributed by atoms with E-state index in [1.165, 1.54) is 53.7 Å². The monoisotopic (exact) mass is 1670 g/mol. The zero-order valence-corrected chi connectivity index (χ0v) is 71.6. The van der Waals surface area contributed by atoms with E-state index in [1.807, 2.05) is 6.92 Å². The van der Waals surface area contributed by atoms with Crippen LogP contribution in [0.15, 0.2) is 120 Å². The third-order valence-corrected chi connectivity index (χ3v) is 26.9. The van der Waals surface area contributed by atoms with Gasteiger partial charge in [-0.2, -0.15) is 0 Å². The lowest BCUT2D eigenvalue weighted by Gasteiger charge is -2.34. The Balaban J connectivity index is 0.000000218. The molecule has 13 N–H and O–H groups in total. The predicted molar refractivity (Wildman–Crippen MR) is 451 cm³/mol. The van der Waals surface area contributed by atoms with E-state index in [-0.39, 0.29) is 64.9 Å². The molecule has 9 aliphatic heterocycles. The van der Waals surface area contributed by atoms with Gasteiger partial charge in [-0.1, -0.05) is 39.2 Å². The van der Waals surface area contributed by atoms with Crippen LogP contribution < -0.4 is 32.5 Å². The zero-order chi connectivity index (χ0) is 84.4. The zero-order valence-electron chi connectivity index (χ0n) is 67.2. The second-order valence-corrected chi connectivity index (χ2v) is 54.2. The smallest absolute Gasteiger partial charge is 0.332 e. The van der Waals surface area contributed by atoms with Crippen LogP contribution in [0, 0.1) is 17.8 Å². The highest BCUT2D eigenvalue weighted by Crippen LogP contribution is 2.44. The molecule has 31 nitrogen and oxygen atoms in total. The molecule has 10 heterocycles. The number of methoxy groups -OCH3 is 1. The number of ether oxygens (including phenoxy) is 6. The Morgan fingerprint density at radius 3 is 1.21 bits per heavy atom.